The predicted molar refractivity (Wildman–Crippen MR) is 138 cm³/mol. The van der Waals surface area contributed by atoms with Crippen molar-refractivity contribution < 1.29 is 22.1 Å². The summed E-state index contributed by atoms with van der Waals surface area (Å²) in [5, 5.41) is 3.02. The molecule has 0 saturated heterocycles. The molecule has 2 amide bonds. The maximum atomic E-state index is 13.1. The summed E-state index contributed by atoms with van der Waals surface area (Å²) in [4.78, 5) is 14.8. The van der Waals surface area contributed by atoms with E-state index in [2.05, 4.69) is 5.32 Å². The molecule has 3 rings (SSSR count). The van der Waals surface area contributed by atoms with Gasteiger partial charge in [0.15, 0.2) is 0 Å². The number of rotatable bonds is 9. The number of urea groups is 1. The van der Waals surface area contributed by atoms with Crippen LogP contribution in [-0.2, 0) is 16.7 Å². The van der Waals surface area contributed by atoms with Crippen LogP contribution in [-0.4, -0.2) is 32.5 Å². The topological polar surface area (TPSA) is 84.9 Å². The molecule has 0 aliphatic rings. The number of hydrogen-bond donors (Lipinski definition) is 1. The fourth-order valence-corrected chi connectivity index (χ4v) is 5.25. The number of benzene rings is 3. The first-order chi connectivity index (χ1) is 16.7. The van der Waals surface area contributed by atoms with Gasteiger partial charge in [-0.15, -0.1) is 0 Å². The summed E-state index contributed by atoms with van der Waals surface area (Å²) in [6.45, 7) is 5.96. The molecular formula is C26H29ClN2O5S. The number of nitrogens with one attached hydrogen (secondary N) is 1. The van der Waals surface area contributed by atoms with E-state index in [0.29, 0.717) is 23.5 Å². The summed E-state index contributed by atoms with van der Waals surface area (Å²) >= 11 is 6.10. The van der Waals surface area contributed by atoms with E-state index in [0.717, 1.165) is 12.0 Å². The minimum Gasteiger partial charge on any atom is -0.495 e. The molecule has 0 aromatic heterocycles. The molecule has 3 aromatic rings. The van der Waals surface area contributed by atoms with Crippen molar-refractivity contribution in [3.05, 3.63) is 82.9 Å². The highest BCUT2D eigenvalue weighted by Gasteiger charge is 2.24. The SMILES string of the molecule is CCC(C)N(Cc1ccc(OS(=O)(=O)c2c(C)cccc2Cl)cc1)C(=O)Nc1ccccc1OC. The van der Waals surface area contributed by atoms with E-state index in [1.54, 1.807) is 67.5 Å². The second-order valence-electron chi connectivity index (χ2n) is 8.08. The second-order valence-corrected chi connectivity index (χ2v) is 9.97. The van der Waals surface area contributed by atoms with Gasteiger partial charge in [0.25, 0.3) is 0 Å². The Labute approximate surface area is 211 Å². The third-order valence-electron chi connectivity index (χ3n) is 5.63. The van der Waals surface area contributed by atoms with Gasteiger partial charge in [0, 0.05) is 12.6 Å². The molecule has 1 unspecified atom stereocenters. The molecule has 0 radical (unpaired) electrons. The molecule has 7 nitrogen and oxygen atoms in total. The summed E-state index contributed by atoms with van der Waals surface area (Å²) in [6, 6.07) is 18.3. The predicted octanol–water partition coefficient (Wildman–Crippen LogP) is 6.26. The Hall–Kier alpha value is -3.23. The third kappa shape index (κ3) is 6.46. The minimum atomic E-state index is -4.10. The Bertz CT molecular complexity index is 1260. The van der Waals surface area contributed by atoms with Gasteiger partial charge in [-0.25, -0.2) is 4.79 Å². The number of nitrogens with zero attached hydrogens (tertiary/aromatic N) is 1. The first-order valence-corrected chi connectivity index (χ1v) is 12.9. The van der Waals surface area contributed by atoms with E-state index in [4.69, 9.17) is 20.5 Å². The van der Waals surface area contributed by atoms with Crippen molar-refractivity contribution in [2.75, 3.05) is 12.4 Å². The van der Waals surface area contributed by atoms with Crippen LogP contribution in [0.15, 0.2) is 71.6 Å². The molecular weight excluding hydrogens is 488 g/mol. The van der Waals surface area contributed by atoms with Gasteiger partial charge in [0.1, 0.15) is 16.4 Å². The summed E-state index contributed by atoms with van der Waals surface area (Å²) in [7, 11) is -2.55. The van der Waals surface area contributed by atoms with Crippen molar-refractivity contribution in [2.24, 2.45) is 0 Å². The number of halogens is 1. The van der Waals surface area contributed by atoms with E-state index in [1.165, 1.54) is 6.07 Å². The molecule has 0 fully saturated rings. The van der Waals surface area contributed by atoms with Crippen LogP contribution in [0.25, 0.3) is 0 Å². The van der Waals surface area contributed by atoms with Crippen LogP contribution in [0.1, 0.15) is 31.4 Å². The van der Waals surface area contributed by atoms with Crippen molar-refractivity contribution in [3.8, 4) is 11.5 Å². The van der Waals surface area contributed by atoms with Crippen molar-refractivity contribution in [1.29, 1.82) is 0 Å². The number of aryl methyl sites for hydroxylation is 1. The molecule has 9 heteroatoms. The molecule has 0 aliphatic heterocycles. The summed E-state index contributed by atoms with van der Waals surface area (Å²) in [5.74, 6) is 0.725. The Morgan fingerprint density at radius 1 is 1.06 bits per heavy atom. The molecule has 0 saturated carbocycles. The molecule has 3 aromatic carbocycles. The van der Waals surface area contributed by atoms with Gasteiger partial charge in [0.2, 0.25) is 0 Å². The number of ether oxygens (including phenoxy) is 1. The van der Waals surface area contributed by atoms with Crippen molar-refractivity contribution in [3.63, 3.8) is 0 Å². The van der Waals surface area contributed by atoms with Crippen LogP contribution < -0.4 is 14.2 Å². The molecule has 1 atom stereocenters. The Balaban J connectivity index is 1.76. The number of methoxy groups -OCH3 is 1. The van der Waals surface area contributed by atoms with Crippen LogP contribution in [0.3, 0.4) is 0 Å². The summed E-state index contributed by atoms with van der Waals surface area (Å²) < 4.78 is 36.2. The number of para-hydroxylation sites is 2. The number of carbonyl (C=O) groups is 1. The number of hydrogen-bond acceptors (Lipinski definition) is 5. The van der Waals surface area contributed by atoms with Crippen LogP contribution in [0, 0.1) is 6.92 Å². The zero-order valence-electron chi connectivity index (χ0n) is 20.1. The smallest absolute Gasteiger partial charge is 0.340 e. The zero-order chi connectivity index (χ0) is 25.6. The van der Waals surface area contributed by atoms with Gasteiger partial charge in [-0.2, -0.15) is 8.42 Å². The van der Waals surface area contributed by atoms with E-state index in [-0.39, 0.29) is 27.7 Å². The fourth-order valence-electron chi connectivity index (χ4n) is 3.53. The third-order valence-corrected chi connectivity index (χ3v) is 7.51. The molecule has 0 aliphatic carbocycles. The van der Waals surface area contributed by atoms with Crippen LogP contribution in [0.5, 0.6) is 11.5 Å². The van der Waals surface area contributed by atoms with Gasteiger partial charge in [-0.05, 0) is 61.7 Å². The van der Waals surface area contributed by atoms with E-state index in [1.807, 2.05) is 26.0 Å². The Morgan fingerprint density at radius 2 is 1.74 bits per heavy atom. The van der Waals surface area contributed by atoms with Crippen LogP contribution >= 0.6 is 11.6 Å². The Morgan fingerprint density at radius 3 is 2.37 bits per heavy atom. The molecule has 0 spiro atoms. The van der Waals surface area contributed by atoms with Gasteiger partial charge in [-0.1, -0.05) is 54.9 Å². The van der Waals surface area contributed by atoms with E-state index < -0.39 is 10.1 Å². The van der Waals surface area contributed by atoms with Gasteiger partial charge in [-0.3, -0.25) is 0 Å². The molecule has 35 heavy (non-hydrogen) atoms. The first-order valence-electron chi connectivity index (χ1n) is 11.2. The molecule has 0 heterocycles. The van der Waals surface area contributed by atoms with Gasteiger partial charge < -0.3 is 19.1 Å². The lowest BCUT2D eigenvalue weighted by atomic mass is 10.1. The molecule has 186 valence electrons. The van der Waals surface area contributed by atoms with Gasteiger partial charge in [0.05, 0.1) is 17.8 Å². The average molecular weight is 517 g/mol. The zero-order valence-corrected chi connectivity index (χ0v) is 21.7. The monoisotopic (exact) mass is 516 g/mol. The highest BCUT2D eigenvalue weighted by atomic mass is 35.5. The highest BCUT2D eigenvalue weighted by Crippen LogP contribution is 2.28. The van der Waals surface area contributed by atoms with Crippen molar-refractivity contribution in [2.45, 2.75) is 44.7 Å². The van der Waals surface area contributed by atoms with E-state index >= 15 is 0 Å². The summed E-state index contributed by atoms with van der Waals surface area (Å²) in [6.07, 6.45) is 0.760. The van der Waals surface area contributed by atoms with E-state index in [9.17, 15) is 13.2 Å². The standard InChI is InChI=1S/C26H29ClN2O5S/c1-5-19(3)29(26(30)28-23-11-6-7-12-24(23)33-4)17-20-13-15-21(16-14-20)34-35(31,32)25-18(2)9-8-10-22(25)27/h6-16,19H,5,17H2,1-4H3,(H,28,30). The van der Waals surface area contributed by atoms with Crippen molar-refractivity contribution in [1.82, 2.24) is 4.90 Å². The Kier molecular flexibility index (Phi) is 8.64. The van der Waals surface area contributed by atoms with Crippen LogP contribution in [0.2, 0.25) is 5.02 Å². The van der Waals surface area contributed by atoms with Crippen LogP contribution in [0.4, 0.5) is 10.5 Å². The lowest BCUT2D eigenvalue weighted by Crippen LogP contribution is -2.40. The lowest BCUT2D eigenvalue weighted by molar-refractivity contribution is 0.187. The average Bonchev–Trinajstić information content (AvgIpc) is 2.82. The maximum Gasteiger partial charge on any atom is 0.340 e. The number of carbonyl (C=O) groups excluding carboxylic acids is 1. The number of amides is 2. The largest absolute Gasteiger partial charge is 0.495 e. The maximum absolute atomic E-state index is 13.1. The highest BCUT2D eigenvalue weighted by molar-refractivity contribution is 7.87. The second kappa shape index (κ2) is 11.5. The summed E-state index contributed by atoms with van der Waals surface area (Å²) in [5.41, 5.74) is 1.90. The lowest BCUT2D eigenvalue weighted by Gasteiger charge is -2.29. The molecule has 0 bridgehead atoms. The van der Waals surface area contributed by atoms with Gasteiger partial charge >= 0.3 is 16.1 Å². The van der Waals surface area contributed by atoms with Crippen molar-refractivity contribution >= 4 is 33.4 Å². The molecule has 1 N–H and O–H groups in total. The number of anilines is 1. The minimum absolute atomic E-state index is 0.0378. The fraction of sp³-hybridized carbons (Fsp3) is 0.269. The first kappa shape index (κ1) is 26.4. The normalized spacial score (nSPS) is 12.0. The quantitative estimate of drug-likeness (QED) is 0.339.